The summed E-state index contributed by atoms with van der Waals surface area (Å²) in [6.07, 6.45) is 12.2. The summed E-state index contributed by atoms with van der Waals surface area (Å²) < 4.78 is 5.12. The lowest BCUT2D eigenvalue weighted by Crippen LogP contribution is -1.81. The molecule has 0 saturated heterocycles. The van der Waals surface area contributed by atoms with Crippen molar-refractivity contribution in [2.45, 2.75) is 0 Å². The molecule has 1 nitrogen and oxygen atoms in total. The van der Waals surface area contributed by atoms with E-state index in [1.54, 1.807) is 7.11 Å². The van der Waals surface area contributed by atoms with Crippen molar-refractivity contribution in [3.63, 3.8) is 0 Å². The number of ether oxygens (including phenoxy) is 1. The summed E-state index contributed by atoms with van der Waals surface area (Å²) in [5.74, 6) is 0.878. The van der Waals surface area contributed by atoms with E-state index in [1.807, 2.05) is 66.8 Å². The Kier molecular flexibility index (Phi) is 5.41. The Bertz CT molecular complexity index is 589. The molecule has 0 aliphatic heterocycles. The van der Waals surface area contributed by atoms with Crippen LogP contribution in [0.15, 0.2) is 78.9 Å². The molecule has 2 aromatic rings. The van der Waals surface area contributed by atoms with Gasteiger partial charge in [0, 0.05) is 0 Å². The molecule has 0 aromatic heterocycles. The molecule has 0 aliphatic carbocycles. The van der Waals surface area contributed by atoms with Crippen LogP contribution in [0.2, 0.25) is 0 Å². The molecule has 0 aliphatic rings. The Labute approximate surface area is 120 Å². The first-order chi connectivity index (χ1) is 9.88. The van der Waals surface area contributed by atoms with E-state index in [1.165, 1.54) is 5.56 Å². The van der Waals surface area contributed by atoms with Crippen molar-refractivity contribution >= 4 is 12.2 Å². The number of methoxy groups -OCH3 is 1. The number of hydrogen-bond acceptors (Lipinski definition) is 1. The summed E-state index contributed by atoms with van der Waals surface area (Å²) in [6, 6.07) is 18.2. The second-order valence-corrected chi connectivity index (χ2v) is 4.29. The quantitative estimate of drug-likeness (QED) is 0.691. The van der Waals surface area contributed by atoms with Crippen LogP contribution in [0.5, 0.6) is 5.75 Å². The van der Waals surface area contributed by atoms with E-state index in [2.05, 4.69) is 24.3 Å². The average Bonchev–Trinajstić information content (AvgIpc) is 2.52. The molecule has 0 fully saturated rings. The SMILES string of the molecule is COc1ccc(/C=C/C=C\C=C/c2ccccc2)cc1. The molecule has 0 heterocycles. The van der Waals surface area contributed by atoms with E-state index >= 15 is 0 Å². The lowest BCUT2D eigenvalue weighted by molar-refractivity contribution is 0.415. The largest absolute Gasteiger partial charge is 0.497 e. The maximum absolute atomic E-state index is 5.12. The Hall–Kier alpha value is -2.54. The minimum Gasteiger partial charge on any atom is -0.497 e. The molecule has 0 N–H and O–H groups in total. The molecule has 2 aromatic carbocycles. The zero-order chi connectivity index (χ0) is 14.0. The minimum absolute atomic E-state index is 0.878. The van der Waals surface area contributed by atoms with E-state index in [0.717, 1.165) is 11.3 Å². The van der Waals surface area contributed by atoms with Crippen molar-refractivity contribution in [3.8, 4) is 5.75 Å². The highest BCUT2D eigenvalue weighted by Gasteiger charge is 1.88. The van der Waals surface area contributed by atoms with Crippen molar-refractivity contribution < 1.29 is 4.74 Å². The summed E-state index contributed by atoms with van der Waals surface area (Å²) in [5.41, 5.74) is 2.36. The fourth-order valence-corrected chi connectivity index (χ4v) is 1.74. The highest BCUT2D eigenvalue weighted by Crippen LogP contribution is 2.12. The maximum Gasteiger partial charge on any atom is 0.118 e. The molecule has 100 valence electrons. The van der Waals surface area contributed by atoms with Crippen LogP contribution in [0, 0.1) is 0 Å². The van der Waals surface area contributed by atoms with Crippen LogP contribution in [-0.4, -0.2) is 7.11 Å². The van der Waals surface area contributed by atoms with Gasteiger partial charge in [0.05, 0.1) is 7.11 Å². The molecule has 2 rings (SSSR count). The second kappa shape index (κ2) is 7.80. The summed E-state index contributed by atoms with van der Waals surface area (Å²) >= 11 is 0. The van der Waals surface area contributed by atoms with Gasteiger partial charge in [-0.2, -0.15) is 0 Å². The van der Waals surface area contributed by atoms with E-state index in [0.29, 0.717) is 0 Å². The third-order valence-corrected chi connectivity index (χ3v) is 2.83. The molecular weight excluding hydrogens is 244 g/mol. The first kappa shape index (κ1) is 13.9. The predicted octanol–water partition coefficient (Wildman–Crippen LogP) is 4.98. The van der Waals surface area contributed by atoms with Crippen LogP contribution in [0.4, 0.5) is 0 Å². The van der Waals surface area contributed by atoms with Gasteiger partial charge >= 0.3 is 0 Å². The predicted molar refractivity (Wildman–Crippen MR) is 86.6 cm³/mol. The summed E-state index contributed by atoms with van der Waals surface area (Å²) in [4.78, 5) is 0. The smallest absolute Gasteiger partial charge is 0.118 e. The van der Waals surface area contributed by atoms with E-state index < -0.39 is 0 Å². The molecule has 0 saturated carbocycles. The van der Waals surface area contributed by atoms with Gasteiger partial charge in [-0.15, -0.1) is 0 Å². The molecule has 20 heavy (non-hydrogen) atoms. The lowest BCUT2D eigenvalue weighted by atomic mass is 10.2. The van der Waals surface area contributed by atoms with Gasteiger partial charge in [-0.05, 0) is 23.3 Å². The van der Waals surface area contributed by atoms with Gasteiger partial charge in [-0.1, -0.05) is 78.9 Å². The van der Waals surface area contributed by atoms with E-state index in [9.17, 15) is 0 Å². The highest BCUT2D eigenvalue weighted by atomic mass is 16.5. The standard InChI is InChI=1S/C19H18O/c1-20-19-15-13-18(14-16-19)12-6-3-2-5-9-17-10-7-4-8-11-17/h2-16H,1H3/b3-2-,9-5-,12-6+. The maximum atomic E-state index is 5.12. The summed E-state index contributed by atoms with van der Waals surface area (Å²) in [5, 5.41) is 0. The molecule has 1 heteroatoms. The Morgan fingerprint density at radius 2 is 1.20 bits per heavy atom. The first-order valence-electron chi connectivity index (χ1n) is 6.59. The average molecular weight is 262 g/mol. The summed E-state index contributed by atoms with van der Waals surface area (Å²) in [7, 11) is 1.67. The third-order valence-electron chi connectivity index (χ3n) is 2.83. The van der Waals surface area contributed by atoms with Gasteiger partial charge in [-0.25, -0.2) is 0 Å². The van der Waals surface area contributed by atoms with Gasteiger partial charge in [0.1, 0.15) is 5.75 Å². The lowest BCUT2D eigenvalue weighted by Gasteiger charge is -1.98. The van der Waals surface area contributed by atoms with Crippen LogP contribution < -0.4 is 4.74 Å². The summed E-state index contributed by atoms with van der Waals surface area (Å²) in [6.45, 7) is 0. The van der Waals surface area contributed by atoms with Crippen LogP contribution in [-0.2, 0) is 0 Å². The van der Waals surface area contributed by atoms with Gasteiger partial charge in [0.2, 0.25) is 0 Å². The Morgan fingerprint density at radius 3 is 1.75 bits per heavy atom. The van der Waals surface area contributed by atoms with Crippen molar-refractivity contribution in [2.75, 3.05) is 7.11 Å². The van der Waals surface area contributed by atoms with Gasteiger partial charge in [0.25, 0.3) is 0 Å². The van der Waals surface area contributed by atoms with Crippen LogP contribution >= 0.6 is 0 Å². The van der Waals surface area contributed by atoms with E-state index in [4.69, 9.17) is 4.74 Å². The van der Waals surface area contributed by atoms with Crippen molar-refractivity contribution in [3.05, 3.63) is 90.0 Å². The van der Waals surface area contributed by atoms with Crippen molar-refractivity contribution in [1.82, 2.24) is 0 Å². The molecule has 0 amide bonds. The number of allylic oxidation sites excluding steroid dienone is 4. The van der Waals surface area contributed by atoms with Gasteiger partial charge in [0.15, 0.2) is 0 Å². The van der Waals surface area contributed by atoms with Crippen molar-refractivity contribution in [2.24, 2.45) is 0 Å². The van der Waals surface area contributed by atoms with Crippen LogP contribution in [0.3, 0.4) is 0 Å². The molecule has 0 atom stereocenters. The fraction of sp³-hybridized carbons (Fsp3) is 0.0526. The Balaban J connectivity index is 1.86. The monoisotopic (exact) mass is 262 g/mol. The minimum atomic E-state index is 0.878. The number of benzene rings is 2. The second-order valence-electron chi connectivity index (χ2n) is 4.29. The van der Waals surface area contributed by atoms with Crippen LogP contribution in [0.1, 0.15) is 11.1 Å². The van der Waals surface area contributed by atoms with Crippen molar-refractivity contribution in [1.29, 1.82) is 0 Å². The normalized spacial score (nSPS) is 11.7. The topological polar surface area (TPSA) is 9.23 Å². The first-order valence-corrected chi connectivity index (χ1v) is 6.59. The van der Waals surface area contributed by atoms with Gasteiger partial charge < -0.3 is 4.74 Å². The fourth-order valence-electron chi connectivity index (χ4n) is 1.74. The molecular formula is C19H18O. The Morgan fingerprint density at radius 1 is 0.650 bits per heavy atom. The molecule has 0 radical (unpaired) electrons. The van der Waals surface area contributed by atoms with Gasteiger partial charge in [-0.3, -0.25) is 0 Å². The van der Waals surface area contributed by atoms with E-state index in [-0.39, 0.29) is 0 Å². The highest BCUT2D eigenvalue weighted by molar-refractivity contribution is 5.54. The zero-order valence-corrected chi connectivity index (χ0v) is 11.6. The molecule has 0 unspecified atom stereocenters. The number of hydrogen-bond donors (Lipinski definition) is 0. The molecule has 0 spiro atoms. The van der Waals surface area contributed by atoms with Crippen LogP contribution in [0.25, 0.3) is 12.2 Å². The zero-order valence-electron chi connectivity index (χ0n) is 11.6. The third kappa shape index (κ3) is 4.62. The molecule has 0 bridgehead atoms. The number of rotatable bonds is 5.